The molecule has 2 fully saturated rings. The molecule has 1 atom stereocenters. The van der Waals surface area contributed by atoms with E-state index in [1.165, 1.54) is 23.9 Å². The Labute approximate surface area is 199 Å². The average molecular weight is 494 g/mol. The van der Waals surface area contributed by atoms with Gasteiger partial charge < -0.3 is 15.5 Å². The SMILES string of the molecule is O=C(CSc1ccc(N2CCC[C@H](C(=O)NC3CC3)C2)nn1)NCc1cccc(C(F)(F)F)c1. The van der Waals surface area contributed by atoms with Crippen LogP contribution in [0, 0.1) is 5.92 Å². The van der Waals surface area contributed by atoms with Gasteiger partial charge in [-0.25, -0.2) is 0 Å². The summed E-state index contributed by atoms with van der Waals surface area (Å²) in [6, 6.07) is 8.84. The van der Waals surface area contributed by atoms with Crippen LogP contribution < -0.4 is 15.5 Å². The van der Waals surface area contributed by atoms with Gasteiger partial charge in [0.2, 0.25) is 11.8 Å². The molecule has 0 bridgehead atoms. The first kappa shape index (κ1) is 24.3. The fourth-order valence-electron chi connectivity index (χ4n) is 3.75. The Kier molecular flexibility index (Phi) is 7.60. The highest BCUT2D eigenvalue weighted by atomic mass is 32.2. The van der Waals surface area contributed by atoms with E-state index in [9.17, 15) is 22.8 Å². The van der Waals surface area contributed by atoms with E-state index in [1.54, 1.807) is 6.07 Å². The van der Waals surface area contributed by atoms with E-state index < -0.39 is 11.7 Å². The van der Waals surface area contributed by atoms with E-state index in [0.717, 1.165) is 44.4 Å². The lowest BCUT2D eigenvalue weighted by Gasteiger charge is -2.32. The summed E-state index contributed by atoms with van der Waals surface area (Å²) in [6.45, 7) is 1.43. The zero-order valence-electron chi connectivity index (χ0n) is 18.5. The Bertz CT molecular complexity index is 1010. The molecule has 11 heteroatoms. The monoisotopic (exact) mass is 493 g/mol. The quantitative estimate of drug-likeness (QED) is 0.549. The van der Waals surface area contributed by atoms with Crippen LogP contribution in [0.4, 0.5) is 19.0 Å². The molecule has 4 rings (SSSR count). The van der Waals surface area contributed by atoms with Crippen molar-refractivity contribution in [1.82, 2.24) is 20.8 Å². The number of carbonyl (C=O) groups is 2. The van der Waals surface area contributed by atoms with Crippen molar-refractivity contribution in [3.05, 3.63) is 47.5 Å². The van der Waals surface area contributed by atoms with Gasteiger partial charge in [-0.2, -0.15) is 13.2 Å². The van der Waals surface area contributed by atoms with E-state index in [4.69, 9.17) is 0 Å². The van der Waals surface area contributed by atoms with Crippen molar-refractivity contribution in [2.24, 2.45) is 5.92 Å². The number of piperidine rings is 1. The van der Waals surface area contributed by atoms with Crippen LogP contribution in [-0.2, 0) is 22.3 Å². The third-order valence-corrected chi connectivity index (χ3v) is 6.68. The van der Waals surface area contributed by atoms with Gasteiger partial charge in [0, 0.05) is 25.7 Å². The van der Waals surface area contributed by atoms with Crippen molar-refractivity contribution in [3.63, 3.8) is 0 Å². The van der Waals surface area contributed by atoms with Crippen LogP contribution in [0.5, 0.6) is 0 Å². The van der Waals surface area contributed by atoms with Crippen molar-refractivity contribution in [3.8, 4) is 0 Å². The minimum Gasteiger partial charge on any atom is -0.354 e. The lowest BCUT2D eigenvalue weighted by Crippen LogP contribution is -2.44. The molecule has 1 aliphatic heterocycles. The summed E-state index contributed by atoms with van der Waals surface area (Å²) in [5.74, 6) is 0.519. The molecule has 34 heavy (non-hydrogen) atoms. The van der Waals surface area contributed by atoms with Gasteiger partial charge in [0.25, 0.3) is 0 Å². The van der Waals surface area contributed by atoms with Gasteiger partial charge in [0.05, 0.1) is 17.2 Å². The van der Waals surface area contributed by atoms with Gasteiger partial charge in [0.1, 0.15) is 5.03 Å². The van der Waals surface area contributed by atoms with Crippen LogP contribution in [0.25, 0.3) is 0 Å². The standard InChI is InChI=1S/C23H26F3N5O2S/c24-23(25,26)17-5-1-3-15(11-17)12-27-20(32)14-34-21-9-8-19(29-30-21)31-10-2-4-16(13-31)22(33)28-18-6-7-18/h1,3,5,8-9,11,16,18H,2,4,6-7,10,12-14H2,(H,27,32)(H,28,33)/t16-/m0/s1. The van der Waals surface area contributed by atoms with Crippen molar-refractivity contribution in [1.29, 1.82) is 0 Å². The highest BCUT2D eigenvalue weighted by Gasteiger charge is 2.31. The second-order valence-electron chi connectivity index (χ2n) is 8.56. The summed E-state index contributed by atoms with van der Waals surface area (Å²) in [6.07, 6.45) is -0.510. The van der Waals surface area contributed by atoms with Gasteiger partial charge in [-0.15, -0.1) is 10.2 Å². The Morgan fingerprint density at radius 3 is 2.65 bits per heavy atom. The molecule has 1 aliphatic carbocycles. The molecule has 182 valence electrons. The van der Waals surface area contributed by atoms with Crippen LogP contribution in [0.3, 0.4) is 0 Å². The van der Waals surface area contributed by atoms with Gasteiger partial charge in [-0.3, -0.25) is 9.59 Å². The minimum atomic E-state index is -4.42. The molecule has 1 aromatic carbocycles. The lowest BCUT2D eigenvalue weighted by molar-refractivity contribution is -0.137. The molecular weight excluding hydrogens is 467 g/mol. The Hall–Kier alpha value is -2.82. The van der Waals surface area contributed by atoms with E-state index in [1.807, 2.05) is 6.07 Å². The first-order valence-electron chi connectivity index (χ1n) is 11.2. The molecule has 0 spiro atoms. The summed E-state index contributed by atoms with van der Waals surface area (Å²) in [5, 5.41) is 14.7. The lowest BCUT2D eigenvalue weighted by atomic mass is 9.97. The Morgan fingerprint density at radius 2 is 1.94 bits per heavy atom. The second kappa shape index (κ2) is 10.6. The van der Waals surface area contributed by atoms with Gasteiger partial charge in [0.15, 0.2) is 5.82 Å². The average Bonchev–Trinajstić information content (AvgIpc) is 3.65. The summed E-state index contributed by atoms with van der Waals surface area (Å²) in [7, 11) is 0. The van der Waals surface area contributed by atoms with Crippen molar-refractivity contribution < 1.29 is 22.8 Å². The number of hydrogen-bond acceptors (Lipinski definition) is 6. The van der Waals surface area contributed by atoms with Crippen LogP contribution in [0.2, 0.25) is 0 Å². The maximum absolute atomic E-state index is 12.8. The summed E-state index contributed by atoms with van der Waals surface area (Å²) in [4.78, 5) is 26.5. The number of benzene rings is 1. The third-order valence-electron chi connectivity index (χ3n) is 5.76. The number of aromatic nitrogens is 2. The van der Waals surface area contributed by atoms with Crippen LogP contribution >= 0.6 is 11.8 Å². The van der Waals surface area contributed by atoms with Crippen molar-refractivity contribution >= 4 is 29.4 Å². The van der Waals surface area contributed by atoms with Crippen LogP contribution in [-0.4, -0.2) is 46.9 Å². The predicted molar refractivity (Wildman–Crippen MR) is 122 cm³/mol. The first-order valence-corrected chi connectivity index (χ1v) is 12.2. The van der Waals surface area contributed by atoms with Gasteiger partial charge >= 0.3 is 6.18 Å². The number of thioether (sulfide) groups is 1. The second-order valence-corrected chi connectivity index (χ2v) is 9.56. The number of nitrogens with zero attached hydrogens (tertiary/aromatic N) is 3. The molecular formula is C23H26F3N5O2S. The topological polar surface area (TPSA) is 87.2 Å². The number of carbonyl (C=O) groups excluding carboxylic acids is 2. The van der Waals surface area contributed by atoms with Crippen molar-refractivity contribution in [2.75, 3.05) is 23.7 Å². The molecule has 0 unspecified atom stereocenters. The van der Waals surface area contributed by atoms with E-state index in [2.05, 4.69) is 25.7 Å². The zero-order chi connectivity index (χ0) is 24.1. The van der Waals surface area contributed by atoms with Gasteiger partial charge in [-0.1, -0.05) is 23.9 Å². The molecule has 7 nitrogen and oxygen atoms in total. The Morgan fingerprint density at radius 1 is 1.12 bits per heavy atom. The summed E-state index contributed by atoms with van der Waals surface area (Å²) >= 11 is 1.20. The number of rotatable bonds is 8. The predicted octanol–water partition coefficient (Wildman–Crippen LogP) is 3.40. The maximum atomic E-state index is 12.8. The highest BCUT2D eigenvalue weighted by molar-refractivity contribution is 7.99. The van der Waals surface area contributed by atoms with Crippen LogP contribution in [0.1, 0.15) is 36.8 Å². The fourth-order valence-corrected chi connectivity index (χ4v) is 4.40. The number of hydrogen-bond donors (Lipinski definition) is 2. The molecule has 1 saturated carbocycles. The molecule has 0 radical (unpaired) electrons. The number of amides is 2. The molecule has 2 amide bonds. The third kappa shape index (κ3) is 6.85. The highest BCUT2D eigenvalue weighted by Crippen LogP contribution is 2.29. The number of alkyl halides is 3. The van der Waals surface area contributed by atoms with E-state index in [-0.39, 0.29) is 30.0 Å². The van der Waals surface area contributed by atoms with E-state index in [0.29, 0.717) is 29.0 Å². The summed E-state index contributed by atoms with van der Waals surface area (Å²) < 4.78 is 38.4. The molecule has 2 N–H and O–H groups in total. The number of halogens is 3. The normalized spacial score (nSPS) is 18.4. The maximum Gasteiger partial charge on any atom is 0.416 e. The zero-order valence-corrected chi connectivity index (χ0v) is 19.3. The minimum absolute atomic E-state index is 0.0123. The summed E-state index contributed by atoms with van der Waals surface area (Å²) in [5.41, 5.74) is -0.365. The fraction of sp³-hybridized carbons (Fsp3) is 0.478. The molecule has 2 aromatic rings. The number of anilines is 1. The van der Waals surface area contributed by atoms with Gasteiger partial charge in [-0.05, 0) is 55.5 Å². The molecule has 1 saturated heterocycles. The molecule has 2 aliphatic rings. The largest absolute Gasteiger partial charge is 0.416 e. The first-order chi connectivity index (χ1) is 16.3. The molecule has 2 heterocycles. The smallest absolute Gasteiger partial charge is 0.354 e. The number of nitrogens with one attached hydrogen (secondary N) is 2. The van der Waals surface area contributed by atoms with E-state index >= 15 is 0 Å². The van der Waals surface area contributed by atoms with Crippen LogP contribution in [0.15, 0.2) is 41.4 Å². The Balaban J connectivity index is 1.23. The molecule has 1 aromatic heterocycles. The van der Waals surface area contributed by atoms with Crippen molar-refractivity contribution in [2.45, 2.75) is 49.5 Å².